The lowest BCUT2D eigenvalue weighted by atomic mass is 10.2. The normalized spacial score (nSPS) is 11.6. The van der Waals surface area contributed by atoms with Crippen LogP contribution < -0.4 is 10.3 Å². The Morgan fingerprint density at radius 2 is 2.00 bits per heavy atom. The number of rotatable bonds is 3. The first-order valence-corrected chi connectivity index (χ1v) is 7.09. The van der Waals surface area contributed by atoms with Gasteiger partial charge in [0.25, 0.3) is 10.0 Å². The van der Waals surface area contributed by atoms with E-state index in [9.17, 15) is 13.2 Å². The topological polar surface area (TPSA) is 105 Å². The zero-order valence-corrected chi connectivity index (χ0v) is 10.8. The maximum absolute atomic E-state index is 12.2. The number of H-pyrrole nitrogens is 1. The predicted molar refractivity (Wildman–Crippen MR) is 71.9 cm³/mol. The van der Waals surface area contributed by atoms with E-state index in [4.69, 9.17) is 4.42 Å². The first-order chi connectivity index (χ1) is 9.54. The zero-order chi connectivity index (χ0) is 14.2. The molecule has 2 heterocycles. The van der Waals surface area contributed by atoms with Gasteiger partial charge in [-0.1, -0.05) is 0 Å². The molecule has 0 spiro atoms. The number of anilines is 1. The van der Waals surface area contributed by atoms with Crippen LogP contribution in [0.2, 0.25) is 0 Å². The van der Waals surface area contributed by atoms with Crippen molar-refractivity contribution in [2.24, 2.45) is 0 Å². The molecule has 0 radical (unpaired) electrons. The SMILES string of the molecule is O=c1ccc2cc(S(=O)(=O)Nc3ccn[nH]3)ccc2o1. The summed E-state index contributed by atoms with van der Waals surface area (Å²) in [5, 5.41) is 6.69. The molecule has 0 aliphatic carbocycles. The van der Waals surface area contributed by atoms with Crippen LogP contribution in [0.25, 0.3) is 11.0 Å². The molecule has 1 aromatic carbocycles. The number of aromatic nitrogens is 2. The second-order valence-electron chi connectivity index (χ2n) is 4.03. The van der Waals surface area contributed by atoms with E-state index in [2.05, 4.69) is 14.9 Å². The Bertz CT molecular complexity index is 913. The third kappa shape index (κ3) is 2.28. The summed E-state index contributed by atoms with van der Waals surface area (Å²) in [6.07, 6.45) is 1.44. The molecule has 2 N–H and O–H groups in total. The summed E-state index contributed by atoms with van der Waals surface area (Å²) in [5.41, 5.74) is -0.151. The molecular weight excluding hydrogens is 282 g/mol. The van der Waals surface area contributed by atoms with Crippen molar-refractivity contribution < 1.29 is 12.8 Å². The van der Waals surface area contributed by atoms with Gasteiger partial charge in [-0.15, -0.1) is 0 Å². The number of nitrogens with zero attached hydrogens (tertiary/aromatic N) is 1. The molecule has 102 valence electrons. The highest BCUT2D eigenvalue weighted by Gasteiger charge is 2.15. The van der Waals surface area contributed by atoms with E-state index in [0.717, 1.165) is 0 Å². The summed E-state index contributed by atoms with van der Waals surface area (Å²) < 4.78 is 31.6. The Labute approximate surface area is 113 Å². The number of nitrogens with one attached hydrogen (secondary N) is 2. The number of benzene rings is 1. The van der Waals surface area contributed by atoms with Crippen LogP contribution in [0.1, 0.15) is 0 Å². The van der Waals surface area contributed by atoms with E-state index in [1.165, 1.54) is 42.6 Å². The molecule has 0 aliphatic heterocycles. The van der Waals surface area contributed by atoms with Crippen LogP contribution in [0.15, 0.2) is 56.7 Å². The first-order valence-electron chi connectivity index (χ1n) is 5.61. The average Bonchev–Trinajstić information content (AvgIpc) is 2.90. The molecule has 20 heavy (non-hydrogen) atoms. The lowest BCUT2D eigenvalue weighted by Crippen LogP contribution is -2.13. The molecule has 0 atom stereocenters. The van der Waals surface area contributed by atoms with Gasteiger partial charge in [-0.2, -0.15) is 5.10 Å². The summed E-state index contributed by atoms with van der Waals surface area (Å²) in [4.78, 5) is 11.1. The highest BCUT2D eigenvalue weighted by molar-refractivity contribution is 7.92. The largest absolute Gasteiger partial charge is 0.423 e. The van der Waals surface area contributed by atoms with Crippen LogP contribution in [0, 0.1) is 0 Å². The number of hydrogen-bond acceptors (Lipinski definition) is 5. The van der Waals surface area contributed by atoms with E-state index in [1.54, 1.807) is 0 Å². The van der Waals surface area contributed by atoms with Gasteiger partial charge in [0.15, 0.2) is 0 Å². The molecule has 7 nitrogen and oxygen atoms in total. The van der Waals surface area contributed by atoms with Crippen molar-refractivity contribution in [1.82, 2.24) is 10.2 Å². The van der Waals surface area contributed by atoms with Gasteiger partial charge in [-0.3, -0.25) is 9.82 Å². The minimum absolute atomic E-state index is 0.0634. The molecular formula is C12H9N3O4S. The summed E-state index contributed by atoms with van der Waals surface area (Å²) in [5.74, 6) is 0.268. The minimum atomic E-state index is -3.73. The molecule has 0 saturated carbocycles. The summed E-state index contributed by atoms with van der Waals surface area (Å²) >= 11 is 0. The molecule has 0 bridgehead atoms. The van der Waals surface area contributed by atoms with E-state index in [-0.39, 0.29) is 10.7 Å². The lowest BCUT2D eigenvalue weighted by Gasteiger charge is -2.06. The van der Waals surface area contributed by atoms with E-state index in [0.29, 0.717) is 11.0 Å². The van der Waals surface area contributed by atoms with E-state index >= 15 is 0 Å². The summed E-state index contributed by atoms with van der Waals surface area (Å²) in [6, 6.07) is 8.48. The number of aromatic amines is 1. The fourth-order valence-electron chi connectivity index (χ4n) is 1.73. The van der Waals surface area contributed by atoms with Crippen LogP contribution in [-0.2, 0) is 10.0 Å². The van der Waals surface area contributed by atoms with Crippen molar-refractivity contribution in [2.45, 2.75) is 4.90 Å². The van der Waals surface area contributed by atoms with E-state index in [1.807, 2.05) is 0 Å². The molecule has 0 amide bonds. The standard InChI is InChI=1S/C12H9N3O4S/c16-12-4-1-8-7-9(2-3-10(8)19-12)20(17,18)15-11-5-6-13-14-11/h1-7H,(H2,13,14,15). The van der Waals surface area contributed by atoms with Crippen molar-refractivity contribution in [3.63, 3.8) is 0 Å². The minimum Gasteiger partial charge on any atom is -0.423 e. The van der Waals surface area contributed by atoms with Gasteiger partial charge in [-0.25, -0.2) is 13.2 Å². The van der Waals surface area contributed by atoms with Crippen molar-refractivity contribution in [2.75, 3.05) is 4.72 Å². The molecule has 0 unspecified atom stereocenters. The first kappa shape index (κ1) is 12.4. The van der Waals surface area contributed by atoms with Gasteiger partial charge in [0.1, 0.15) is 11.4 Å². The highest BCUT2D eigenvalue weighted by Crippen LogP contribution is 2.19. The van der Waals surface area contributed by atoms with Crippen molar-refractivity contribution >= 4 is 26.8 Å². The predicted octanol–water partition coefficient (Wildman–Crippen LogP) is 1.32. The zero-order valence-electron chi connectivity index (χ0n) is 10.0. The lowest BCUT2D eigenvalue weighted by molar-refractivity contribution is 0.560. The van der Waals surface area contributed by atoms with Crippen LogP contribution >= 0.6 is 0 Å². The number of hydrogen-bond donors (Lipinski definition) is 2. The van der Waals surface area contributed by atoms with Crippen LogP contribution in [0.5, 0.6) is 0 Å². The van der Waals surface area contributed by atoms with Gasteiger partial charge >= 0.3 is 5.63 Å². The second-order valence-corrected chi connectivity index (χ2v) is 5.71. The maximum Gasteiger partial charge on any atom is 0.336 e. The Balaban J connectivity index is 2.05. The molecule has 3 rings (SSSR count). The Morgan fingerprint density at radius 3 is 2.75 bits per heavy atom. The molecule has 0 fully saturated rings. The van der Waals surface area contributed by atoms with Crippen LogP contribution in [-0.4, -0.2) is 18.6 Å². The van der Waals surface area contributed by atoms with Crippen molar-refractivity contribution in [3.05, 3.63) is 53.0 Å². The highest BCUT2D eigenvalue weighted by atomic mass is 32.2. The maximum atomic E-state index is 12.2. The summed E-state index contributed by atoms with van der Waals surface area (Å²) in [6.45, 7) is 0. The Hall–Kier alpha value is -2.61. The van der Waals surface area contributed by atoms with Gasteiger partial charge in [-0.05, 0) is 24.3 Å². The smallest absolute Gasteiger partial charge is 0.336 e. The van der Waals surface area contributed by atoms with Gasteiger partial charge < -0.3 is 4.42 Å². The molecule has 0 saturated heterocycles. The second kappa shape index (κ2) is 4.49. The third-order valence-corrected chi connectivity index (χ3v) is 4.01. The Kier molecular flexibility index (Phi) is 2.79. The Morgan fingerprint density at radius 1 is 1.15 bits per heavy atom. The van der Waals surface area contributed by atoms with Crippen molar-refractivity contribution in [3.8, 4) is 0 Å². The number of sulfonamides is 1. The quantitative estimate of drug-likeness (QED) is 0.708. The van der Waals surface area contributed by atoms with Gasteiger partial charge in [0, 0.05) is 17.5 Å². The molecule has 0 aliphatic rings. The molecule has 2 aromatic heterocycles. The molecule has 8 heteroatoms. The average molecular weight is 291 g/mol. The fourth-order valence-corrected chi connectivity index (χ4v) is 2.78. The third-order valence-electron chi connectivity index (χ3n) is 2.65. The van der Waals surface area contributed by atoms with Gasteiger partial charge in [0.05, 0.1) is 11.1 Å². The fraction of sp³-hybridized carbons (Fsp3) is 0. The monoisotopic (exact) mass is 291 g/mol. The summed E-state index contributed by atoms with van der Waals surface area (Å²) in [7, 11) is -3.73. The number of fused-ring (bicyclic) bond motifs is 1. The van der Waals surface area contributed by atoms with Crippen molar-refractivity contribution in [1.29, 1.82) is 0 Å². The van der Waals surface area contributed by atoms with E-state index < -0.39 is 15.6 Å². The van der Waals surface area contributed by atoms with Gasteiger partial charge in [0.2, 0.25) is 0 Å². The van der Waals surface area contributed by atoms with Crippen LogP contribution in [0.4, 0.5) is 5.82 Å². The molecule has 3 aromatic rings. The van der Waals surface area contributed by atoms with Crippen LogP contribution in [0.3, 0.4) is 0 Å².